The van der Waals surface area contributed by atoms with Crippen LogP contribution in [0, 0.1) is 11.3 Å². The zero-order valence-electron chi connectivity index (χ0n) is 9.79. The van der Waals surface area contributed by atoms with Crippen LogP contribution in [0.3, 0.4) is 0 Å². The predicted octanol–water partition coefficient (Wildman–Crippen LogP) is -0.206. The number of aliphatic hydroxyl groups is 2. The first-order valence-corrected chi connectivity index (χ1v) is 5.29. The monoisotopic (exact) mass is 250 g/mol. The molecule has 18 heavy (non-hydrogen) atoms. The number of amides is 1. The van der Waals surface area contributed by atoms with Gasteiger partial charge in [0, 0.05) is 13.5 Å². The molecule has 1 rings (SSSR count). The summed E-state index contributed by atoms with van der Waals surface area (Å²) in [6.45, 7) is 1.20. The van der Waals surface area contributed by atoms with Gasteiger partial charge in [0.15, 0.2) is 0 Å². The highest BCUT2D eigenvalue weighted by molar-refractivity contribution is 5.72. The van der Waals surface area contributed by atoms with E-state index in [0.29, 0.717) is 5.56 Å². The second-order valence-corrected chi connectivity index (χ2v) is 3.84. The summed E-state index contributed by atoms with van der Waals surface area (Å²) < 4.78 is 0. The maximum absolute atomic E-state index is 10.7. The third kappa shape index (κ3) is 3.45. The van der Waals surface area contributed by atoms with E-state index in [1.807, 2.05) is 0 Å². The number of benzene rings is 1. The minimum Gasteiger partial charge on any atom is -0.507 e. The Morgan fingerprint density at radius 3 is 2.72 bits per heavy atom. The van der Waals surface area contributed by atoms with Crippen molar-refractivity contribution in [1.82, 2.24) is 5.32 Å². The molecule has 0 spiro atoms. The van der Waals surface area contributed by atoms with Crippen molar-refractivity contribution >= 4 is 5.91 Å². The Balaban J connectivity index is 2.80. The normalized spacial score (nSPS) is 13.4. The van der Waals surface area contributed by atoms with Gasteiger partial charge in [0.2, 0.25) is 5.91 Å². The summed E-state index contributed by atoms with van der Waals surface area (Å²) >= 11 is 0. The summed E-state index contributed by atoms with van der Waals surface area (Å²) in [5.74, 6) is -0.505. The molecule has 2 atom stereocenters. The van der Waals surface area contributed by atoms with Gasteiger partial charge in [0.1, 0.15) is 24.0 Å². The minimum absolute atomic E-state index is 0.0123. The second-order valence-electron chi connectivity index (χ2n) is 3.84. The van der Waals surface area contributed by atoms with E-state index in [-0.39, 0.29) is 23.8 Å². The highest BCUT2D eigenvalue weighted by atomic mass is 16.3. The highest BCUT2D eigenvalue weighted by Gasteiger charge is 2.19. The van der Waals surface area contributed by atoms with E-state index in [9.17, 15) is 20.1 Å². The third-order valence-corrected chi connectivity index (χ3v) is 2.41. The summed E-state index contributed by atoms with van der Waals surface area (Å²) in [5, 5.41) is 39.9. The predicted molar refractivity (Wildman–Crippen MR) is 62.5 cm³/mol. The lowest BCUT2D eigenvalue weighted by Crippen LogP contribution is -2.34. The molecule has 1 amide bonds. The molecule has 0 saturated carbocycles. The number of rotatable bonds is 4. The molecule has 0 heterocycles. The van der Waals surface area contributed by atoms with Crippen LogP contribution in [-0.2, 0) is 4.79 Å². The van der Waals surface area contributed by atoms with Gasteiger partial charge in [-0.15, -0.1) is 0 Å². The van der Waals surface area contributed by atoms with Crippen molar-refractivity contribution in [3.63, 3.8) is 0 Å². The molecular formula is C12H14N2O4. The summed E-state index contributed by atoms with van der Waals surface area (Å²) in [5.41, 5.74) is 0.306. The number of hydrogen-bond acceptors (Lipinski definition) is 5. The van der Waals surface area contributed by atoms with Crippen LogP contribution in [0.15, 0.2) is 18.2 Å². The van der Waals surface area contributed by atoms with Crippen molar-refractivity contribution in [2.75, 3.05) is 6.54 Å². The molecule has 0 fully saturated rings. The van der Waals surface area contributed by atoms with E-state index in [2.05, 4.69) is 5.32 Å². The zero-order chi connectivity index (χ0) is 13.7. The molecule has 0 aliphatic carbocycles. The van der Waals surface area contributed by atoms with Gasteiger partial charge in [-0.25, -0.2) is 0 Å². The van der Waals surface area contributed by atoms with Crippen LogP contribution in [0.5, 0.6) is 5.75 Å². The van der Waals surface area contributed by atoms with Gasteiger partial charge in [0.05, 0.1) is 5.56 Å². The van der Waals surface area contributed by atoms with Crippen LogP contribution in [0.25, 0.3) is 0 Å². The Hall–Kier alpha value is -2.10. The van der Waals surface area contributed by atoms with Crippen LogP contribution in [0.2, 0.25) is 0 Å². The van der Waals surface area contributed by atoms with Crippen molar-refractivity contribution in [1.29, 1.82) is 5.26 Å². The number of phenolic OH excluding ortho intramolecular Hbond substituents is 1. The molecule has 6 heteroatoms. The van der Waals surface area contributed by atoms with Crippen molar-refractivity contribution in [2.45, 2.75) is 19.1 Å². The van der Waals surface area contributed by atoms with Gasteiger partial charge in [-0.3, -0.25) is 4.79 Å². The Morgan fingerprint density at radius 1 is 1.50 bits per heavy atom. The number of carbonyl (C=O) groups is 1. The standard InChI is InChI=1S/C12H14N2O4/c1-7(15)14-6-11(17)12(18)8-2-3-10(16)9(4-8)5-13/h2-4,11-12,16-18H,6H2,1H3,(H,14,15). The highest BCUT2D eigenvalue weighted by Crippen LogP contribution is 2.23. The zero-order valence-corrected chi connectivity index (χ0v) is 9.79. The maximum Gasteiger partial charge on any atom is 0.216 e. The molecule has 96 valence electrons. The molecule has 0 saturated heterocycles. The lowest BCUT2D eigenvalue weighted by Gasteiger charge is -2.18. The smallest absolute Gasteiger partial charge is 0.216 e. The number of nitriles is 1. The number of aliphatic hydroxyl groups excluding tert-OH is 2. The number of carbonyl (C=O) groups excluding carboxylic acids is 1. The van der Waals surface area contributed by atoms with E-state index in [1.165, 1.54) is 25.1 Å². The van der Waals surface area contributed by atoms with Crippen molar-refractivity contribution in [3.05, 3.63) is 29.3 Å². The summed E-state index contributed by atoms with van der Waals surface area (Å²) in [4.78, 5) is 10.7. The molecule has 1 aromatic rings. The van der Waals surface area contributed by atoms with E-state index < -0.39 is 12.2 Å². The van der Waals surface area contributed by atoms with Crippen molar-refractivity contribution in [3.8, 4) is 11.8 Å². The molecule has 4 N–H and O–H groups in total. The Kier molecular flexibility index (Phi) is 4.66. The lowest BCUT2D eigenvalue weighted by molar-refractivity contribution is -0.119. The molecule has 6 nitrogen and oxygen atoms in total. The van der Waals surface area contributed by atoms with Crippen LogP contribution in [-0.4, -0.2) is 33.9 Å². The molecule has 0 aliphatic heterocycles. The van der Waals surface area contributed by atoms with Crippen molar-refractivity contribution in [2.24, 2.45) is 0 Å². The Bertz CT molecular complexity index is 481. The van der Waals surface area contributed by atoms with Gasteiger partial charge >= 0.3 is 0 Å². The topological polar surface area (TPSA) is 114 Å². The summed E-state index contributed by atoms with van der Waals surface area (Å²) in [6.07, 6.45) is -2.44. The van der Waals surface area contributed by atoms with Gasteiger partial charge in [-0.05, 0) is 17.7 Å². The average Bonchev–Trinajstić information content (AvgIpc) is 2.35. The molecule has 2 unspecified atom stereocenters. The van der Waals surface area contributed by atoms with Crippen molar-refractivity contribution < 1.29 is 20.1 Å². The molecule has 0 aliphatic rings. The van der Waals surface area contributed by atoms with Gasteiger partial charge in [-0.2, -0.15) is 5.26 Å². The van der Waals surface area contributed by atoms with E-state index in [4.69, 9.17) is 5.26 Å². The van der Waals surface area contributed by atoms with Gasteiger partial charge in [0.25, 0.3) is 0 Å². The van der Waals surface area contributed by atoms with E-state index in [1.54, 1.807) is 6.07 Å². The third-order valence-electron chi connectivity index (χ3n) is 2.41. The first-order chi connectivity index (χ1) is 8.45. The number of phenols is 1. The van der Waals surface area contributed by atoms with Crippen LogP contribution >= 0.6 is 0 Å². The summed E-state index contributed by atoms with van der Waals surface area (Å²) in [7, 11) is 0. The Labute approximate surface area is 104 Å². The number of hydrogen-bond donors (Lipinski definition) is 4. The first kappa shape index (κ1) is 14.0. The van der Waals surface area contributed by atoms with Crippen LogP contribution in [0.1, 0.15) is 24.2 Å². The molecular weight excluding hydrogens is 236 g/mol. The number of aromatic hydroxyl groups is 1. The van der Waals surface area contributed by atoms with Gasteiger partial charge in [-0.1, -0.05) is 6.07 Å². The molecule has 0 aromatic heterocycles. The summed E-state index contributed by atoms with van der Waals surface area (Å²) in [6, 6.07) is 5.72. The molecule has 0 radical (unpaired) electrons. The van der Waals surface area contributed by atoms with Gasteiger partial charge < -0.3 is 20.6 Å². The number of nitrogens with one attached hydrogen (secondary N) is 1. The molecule has 0 bridgehead atoms. The minimum atomic E-state index is -1.25. The van der Waals surface area contributed by atoms with Crippen LogP contribution in [0.4, 0.5) is 0 Å². The van der Waals surface area contributed by atoms with E-state index >= 15 is 0 Å². The first-order valence-electron chi connectivity index (χ1n) is 5.29. The number of nitrogens with zero attached hydrogens (tertiary/aromatic N) is 1. The largest absolute Gasteiger partial charge is 0.507 e. The molecule has 1 aromatic carbocycles. The van der Waals surface area contributed by atoms with E-state index in [0.717, 1.165) is 0 Å². The van der Waals surface area contributed by atoms with Crippen LogP contribution < -0.4 is 5.32 Å². The average molecular weight is 250 g/mol. The fraction of sp³-hybridized carbons (Fsp3) is 0.333. The fourth-order valence-corrected chi connectivity index (χ4v) is 1.41. The lowest BCUT2D eigenvalue weighted by atomic mass is 10.0. The quantitative estimate of drug-likeness (QED) is 0.590. The maximum atomic E-state index is 10.7. The second kappa shape index (κ2) is 6.00. The fourth-order valence-electron chi connectivity index (χ4n) is 1.41. The SMILES string of the molecule is CC(=O)NCC(O)C(O)c1ccc(O)c(C#N)c1. The Morgan fingerprint density at radius 2 is 2.17 bits per heavy atom.